The summed E-state index contributed by atoms with van der Waals surface area (Å²) < 4.78 is 15.3. The van der Waals surface area contributed by atoms with Crippen molar-refractivity contribution < 1.29 is 4.39 Å². The molecular formula is C15H12ClFN4. The third kappa shape index (κ3) is 3.03. The minimum absolute atomic E-state index is 0.290. The molecule has 2 N–H and O–H groups in total. The van der Waals surface area contributed by atoms with Crippen LogP contribution in [-0.2, 0) is 6.54 Å². The van der Waals surface area contributed by atoms with E-state index in [-0.39, 0.29) is 12.4 Å². The molecule has 0 aliphatic carbocycles. The molecule has 106 valence electrons. The normalized spacial score (nSPS) is 10.8. The van der Waals surface area contributed by atoms with E-state index < -0.39 is 0 Å². The first-order valence-corrected chi connectivity index (χ1v) is 6.69. The van der Waals surface area contributed by atoms with Gasteiger partial charge < -0.3 is 5.73 Å². The summed E-state index contributed by atoms with van der Waals surface area (Å²) in [6.07, 6.45) is 1.56. The Hall–Kier alpha value is -2.40. The van der Waals surface area contributed by atoms with Crippen molar-refractivity contribution >= 4 is 17.3 Å². The molecular weight excluding hydrogens is 291 g/mol. The number of nitrogens with two attached hydrogens (primary N) is 1. The highest BCUT2D eigenvalue weighted by Gasteiger charge is 2.08. The van der Waals surface area contributed by atoms with E-state index in [1.807, 2.05) is 12.1 Å². The van der Waals surface area contributed by atoms with Crippen molar-refractivity contribution in [2.75, 3.05) is 5.73 Å². The molecule has 1 heterocycles. The Morgan fingerprint density at radius 1 is 1.19 bits per heavy atom. The predicted molar refractivity (Wildman–Crippen MR) is 80.4 cm³/mol. The number of aromatic nitrogens is 3. The maximum absolute atomic E-state index is 13.8. The van der Waals surface area contributed by atoms with Crippen LogP contribution in [0.5, 0.6) is 0 Å². The summed E-state index contributed by atoms with van der Waals surface area (Å²) in [7, 11) is 0. The summed E-state index contributed by atoms with van der Waals surface area (Å²) in [5, 5.41) is 4.70. The summed E-state index contributed by atoms with van der Waals surface area (Å²) >= 11 is 5.73. The van der Waals surface area contributed by atoms with E-state index in [1.54, 1.807) is 35.3 Å². The van der Waals surface area contributed by atoms with Gasteiger partial charge in [-0.1, -0.05) is 29.8 Å². The molecule has 0 spiro atoms. The van der Waals surface area contributed by atoms with Gasteiger partial charge in [0.2, 0.25) is 0 Å². The Kier molecular flexibility index (Phi) is 3.58. The van der Waals surface area contributed by atoms with E-state index in [0.717, 1.165) is 5.56 Å². The molecule has 0 fully saturated rings. The van der Waals surface area contributed by atoms with Crippen molar-refractivity contribution in [2.45, 2.75) is 6.54 Å². The fourth-order valence-corrected chi connectivity index (χ4v) is 2.16. The molecule has 0 amide bonds. The van der Waals surface area contributed by atoms with Gasteiger partial charge in [-0.3, -0.25) is 0 Å². The zero-order valence-corrected chi connectivity index (χ0v) is 11.8. The molecule has 4 nitrogen and oxygen atoms in total. The second-order valence-corrected chi connectivity index (χ2v) is 5.06. The number of rotatable bonds is 3. The highest BCUT2D eigenvalue weighted by atomic mass is 35.5. The van der Waals surface area contributed by atoms with Crippen molar-refractivity contribution in [1.82, 2.24) is 14.8 Å². The topological polar surface area (TPSA) is 56.7 Å². The van der Waals surface area contributed by atoms with E-state index in [9.17, 15) is 4.39 Å². The maximum atomic E-state index is 13.8. The zero-order valence-electron chi connectivity index (χ0n) is 11.0. The van der Waals surface area contributed by atoms with Gasteiger partial charge >= 0.3 is 0 Å². The van der Waals surface area contributed by atoms with Gasteiger partial charge in [0, 0.05) is 21.8 Å². The van der Waals surface area contributed by atoms with Crippen LogP contribution in [0.3, 0.4) is 0 Å². The Balaban J connectivity index is 1.85. The van der Waals surface area contributed by atoms with Gasteiger partial charge in [-0.05, 0) is 24.3 Å². The fourth-order valence-electron chi connectivity index (χ4n) is 2.01. The number of anilines is 1. The van der Waals surface area contributed by atoms with Crippen molar-refractivity contribution in [3.05, 3.63) is 65.2 Å². The Morgan fingerprint density at radius 2 is 2.05 bits per heavy atom. The van der Waals surface area contributed by atoms with Crippen LogP contribution >= 0.6 is 11.6 Å². The van der Waals surface area contributed by atoms with E-state index >= 15 is 0 Å². The van der Waals surface area contributed by atoms with Gasteiger partial charge in [0.1, 0.15) is 12.1 Å². The van der Waals surface area contributed by atoms with Gasteiger partial charge in [-0.15, -0.1) is 0 Å². The van der Waals surface area contributed by atoms with Crippen LogP contribution in [0, 0.1) is 5.82 Å². The number of hydrogen-bond acceptors (Lipinski definition) is 3. The maximum Gasteiger partial charge on any atom is 0.181 e. The number of hydrogen-bond donors (Lipinski definition) is 1. The lowest BCUT2D eigenvalue weighted by atomic mass is 10.2. The van der Waals surface area contributed by atoms with Crippen LogP contribution in [0.1, 0.15) is 5.56 Å². The second-order valence-electron chi connectivity index (χ2n) is 4.63. The van der Waals surface area contributed by atoms with Crippen molar-refractivity contribution in [3.8, 4) is 11.4 Å². The highest BCUT2D eigenvalue weighted by Crippen LogP contribution is 2.18. The summed E-state index contributed by atoms with van der Waals surface area (Å²) in [6.45, 7) is 0.290. The molecule has 21 heavy (non-hydrogen) atoms. The number of nitrogen functional groups attached to an aromatic ring is 1. The first-order valence-electron chi connectivity index (χ1n) is 6.31. The first-order chi connectivity index (χ1) is 10.1. The summed E-state index contributed by atoms with van der Waals surface area (Å²) in [5.74, 6) is 0.195. The van der Waals surface area contributed by atoms with Crippen molar-refractivity contribution in [1.29, 1.82) is 0 Å². The van der Waals surface area contributed by atoms with Crippen molar-refractivity contribution in [2.24, 2.45) is 0 Å². The molecule has 2 aromatic carbocycles. The molecule has 1 aromatic heterocycles. The molecule has 3 rings (SSSR count). The molecule has 0 aliphatic rings. The molecule has 0 aliphatic heterocycles. The summed E-state index contributed by atoms with van der Waals surface area (Å²) in [6, 6.07) is 11.9. The second kappa shape index (κ2) is 5.54. The van der Waals surface area contributed by atoms with Crippen LogP contribution in [-0.4, -0.2) is 14.8 Å². The summed E-state index contributed by atoms with van der Waals surface area (Å²) in [4.78, 5) is 4.22. The lowest BCUT2D eigenvalue weighted by Crippen LogP contribution is -2.02. The van der Waals surface area contributed by atoms with Crippen LogP contribution in [0.2, 0.25) is 5.02 Å². The molecule has 0 saturated carbocycles. The lowest BCUT2D eigenvalue weighted by Gasteiger charge is -2.03. The highest BCUT2D eigenvalue weighted by molar-refractivity contribution is 6.30. The molecule has 6 heteroatoms. The monoisotopic (exact) mass is 302 g/mol. The third-order valence-electron chi connectivity index (χ3n) is 3.03. The van der Waals surface area contributed by atoms with Crippen molar-refractivity contribution in [3.63, 3.8) is 0 Å². The third-order valence-corrected chi connectivity index (χ3v) is 3.26. The van der Waals surface area contributed by atoms with Gasteiger partial charge in [-0.2, -0.15) is 5.10 Å². The largest absolute Gasteiger partial charge is 0.399 e. The Morgan fingerprint density at radius 3 is 2.81 bits per heavy atom. The average molecular weight is 303 g/mol. The minimum Gasteiger partial charge on any atom is -0.399 e. The average Bonchev–Trinajstić information content (AvgIpc) is 2.91. The van der Waals surface area contributed by atoms with Gasteiger partial charge in [-0.25, -0.2) is 14.1 Å². The van der Waals surface area contributed by atoms with Gasteiger partial charge in [0.05, 0.1) is 6.54 Å². The molecule has 0 unspecified atom stereocenters. The lowest BCUT2D eigenvalue weighted by molar-refractivity contribution is 0.585. The van der Waals surface area contributed by atoms with Gasteiger partial charge in [0.25, 0.3) is 0 Å². The van der Waals surface area contributed by atoms with E-state index in [4.69, 9.17) is 17.3 Å². The first kappa shape index (κ1) is 13.6. The zero-order chi connectivity index (χ0) is 14.8. The quantitative estimate of drug-likeness (QED) is 0.755. The minimum atomic E-state index is -0.358. The van der Waals surface area contributed by atoms with E-state index in [1.165, 1.54) is 6.07 Å². The van der Waals surface area contributed by atoms with Crippen LogP contribution in [0.25, 0.3) is 11.4 Å². The van der Waals surface area contributed by atoms with E-state index in [0.29, 0.717) is 22.1 Å². The summed E-state index contributed by atoms with van der Waals surface area (Å²) in [5.41, 5.74) is 7.71. The predicted octanol–water partition coefficient (Wildman–Crippen LogP) is 3.37. The van der Waals surface area contributed by atoms with Gasteiger partial charge in [0.15, 0.2) is 5.82 Å². The SMILES string of the molecule is Nc1cccc(-c2ncn(Cc3ccc(Cl)cc3F)n2)c1. The molecule has 0 saturated heterocycles. The molecule has 0 bridgehead atoms. The molecule has 3 aromatic rings. The Bertz CT molecular complexity index is 785. The van der Waals surface area contributed by atoms with E-state index in [2.05, 4.69) is 10.1 Å². The standard InChI is InChI=1S/C15H12ClFN4/c16-12-5-4-11(14(17)7-12)8-21-9-19-15(20-21)10-2-1-3-13(18)6-10/h1-7,9H,8,18H2. The van der Waals surface area contributed by atoms with Crippen LogP contribution < -0.4 is 5.73 Å². The number of benzene rings is 2. The Labute approximate surface area is 126 Å². The number of halogens is 2. The van der Waals surface area contributed by atoms with Crippen LogP contribution in [0.4, 0.5) is 10.1 Å². The smallest absolute Gasteiger partial charge is 0.181 e. The molecule has 0 radical (unpaired) electrons. The number of nitrogens with zero attached hydrogens (tertiary/aromatic N) is 3. The molecule has 0 atom stereocenters. The fraction of sp³-hybridized carbons (Fsp3) is 0.0667. The van der Waals surface area contributed by atoms with Crippen LogP contribution in [0.15, 0.2) is 48.8 Å².